The molecule has 0 radical (unpaired) electrons. The van der Waals surface area contributed by atoms with Crippen molar-refractivity contribution in [3.63, 3.8) is 0 Å². The molecule has 1 aromatic carbocycles. The van der Waals surface area contributed by atoms with Crippen LogP contribution in [0, 0.1) is 11.8 Å². The summed E-state index contributed by atoms with van der Waals surface area (Å²) in [7, 11) is 0. The van der Waals surface area contributed by atoms with Crippen LogP contribution in [-0.2, 0) is 14.3 Å². The summed E-state index contributed by atoms with van der Waals surface area (Å²) in [6.45, 7) is 13.2. The van der Waals surface area contributed by atoms with Gasteiger partial charge in [0.05, 0.1) is 17.4 Å². The fraction of sp³-hybridized carbons (Fsp3) is 0.542. The molecule has 0 aliphatic rings. The summed E-state index contributed by atoms with van der Waals surface area (Å²) in [5, 5.41) is 4.14. The molecular weight excluding hydrogens is 448 g/mol. The van der Waals surface area contributed by atoms with E-state index in [1.165, 1.54) is 6.07 Å². The van der Waals surface area contributed by atoms with E-state index in [0.717, 1.165) is 12.0 Å². The third-order valence-electron chi connectivity index (χ3n) is 4.95. The van der Waals surface area contributed by atoms with E-state index in [1.807, 2.05) is 20.8 Å². The second kappa shape index (κ2) is 13.3. The highest BCUT2D eigenvalue weighted by Crippen LogP contribution is 2.34. The van der Waals surface area contributed by atoms with E-state index in [4.69, 9.17) is 9.47 Å². The van der Waals surface area contributed by atoms with Crippen molar-refractivity contribution in [3.05, 3.63) is 40.2 Å². The maximum atomic E-state index is 12.5. The predicted molar refractivity (Wildman–Crippen MR) is 132 cm³/mol. The maximum Gasteiger partial charge on any atom is 0.313 e. The largest absolute Gasteiger partial charge is 0.456 e. The fourth-order valence-electron chi connectivity index (χ4n) is 3.28. The van der Waals surface area contributed by atoms with Crippen LogP contribution < -0.4 is 15.6 Å². The third-order valence-corrected chi connectivity index (χ3v) is 4.95. The van der Waals surface area contributed by atoms with Crippen molar-refractivity contribution in [1.29, 1.82) is 0 Å². The van der Waals surface area contributed by atoms with Gasteiger partial charge in [-0.2, -0.15) is 0 Å². The topological polar surface area (TPSA) is 129 Å². The van der Waals surface area contributed by atoms with Gasteiger partial charge in [0, 0.05) is 29.1 Å². The number of H-pyrrole nitrogens is 1. The molecule has 0 aliphatic carbocycles. The van der Waals surface area contributed by atoms with Crippen LogP contribution in [0.4, 0.5) is 0 Å². The predicted octanol–water partition coefficient (Wildman–Crippen LogP) is 3.70. The number of esters is 2. The molecule has 33 heavy (non-hydrogen) atoms. The van der Waals surface area contributed by atoms with E-state index in [1.54, 1.807) is 45.9 Å². The van der Waals surface area contributed by atoms with Crippen molar-refractivity contribution in [3.8, 4) is 5.75 Å². The number of benzene rings is 1. The minimum Gasteiger partial charge on any atom is -0.456 e. The fourth-order valence-corrected chi connectivity index (χ4v) is 3.28. The van der Waals surface area contributed by atoms with E-state index in [-0.39, 0.29) is 59.1 Å². The van der Waals surface area contributed by atoms with E-state index in [0.29, 0.717) is 10.9 Å². The minimum absolute atomic E-state index is 0. The van der Waals surface area contributed by atoms with Crippen molar-refractivity contribution in [2.75, 3.05) is 0 Å². The maximum absolute atomic E-state index is 12.5. The number of hydrogen-bond donors (Lipinski definition) is 2. The summed E-state index contributed by atoms with van der Waals surface area (Å²) in [6, 6.07) is 6.58. The normalized spacial score (nSPS) is 12.8. The summed E-state index contributed by atoms with van der Waals surface area (Å²) in [5.41, 5.74) is 0.836. The molecule has 1 heterocycles. The molecule has 0 amide bonds. The quantitative estimate of drug-likeness (QED) is 0.412. The molecule has 2 aromatic rings. The summed E-state index contributed by atoms with van der Waals surface area (Å²) in [6.07, 6.45) is 0.147. The van der Waals surface area contributed by atoms with Gasteiger partial charge in [0.1, 0.15) is 6.10 Å². The Hall–Kier alpha value is -2.42. The summed E-state index contributed by atoms with van der Waals surface area (Å²) in [4.78, 5) is 39.5. The van der Waals surface area contributed by atoms with Gasteiger partial charge < -0.3 is 25.3 Å². The lowest BCUT2D eigenvalue weighted by molar-refractivity contribution is -0.155. The van der Waals surface area contributed by atoms with Gasteiger partial charge in [-0.1, -0.05) is 54.5 Å². The highest BCUT2D eigenvalue weighted by atomic mass is 35.5. The number of aromatic amines is 1. The van der Waals surface area contributed by atoms with Crippen LogP contribution in [0.3, 0.4) is 0 Å². The molecule has 0 saturated heterocycles. The van der Waals surface area contributed by atoms with Gasteiger partial charge in [-0.25, -0.2) is 0 Å². The first-order valence-corrected chi connectivity index (χ1v) is 10.9. The van der Waals surface area contributed by atoms with Crippen LogP contribution in [-0.4, -0.2) is 34.5 Å². The Morgan fingerprint density at radius 3 is 2.09 bits per heavy atom. The Morgan fingerprint density at radius 2 is 1.58 bits per heavy atom. The molecule has 0 spiro atoms. The average molecular weight is 485 g/mol. The van der Waals surface area contributed by atoms with Gasteiger partial charge >= 0.3 is 11.9 Å². The first kappa shape index (κ1) is 30.6. The smallest absolute Gasteiger partial charge is 0.313 e. The zero-order valence-electron chi connectivity index (χ0n) is 20.4. The first-order chi connectivity index (χ1) is 14.5. The molecule has 2 unspecified atom stereocenters. The lowest BCUT2D eigenvalue weighted by Crippen LogP contribution is -2.41. The molecule has 2 rings (SSSR count). The zero-order valence-corrected chi connectivity index (χ0v) is 21.2. The van der Waals surface area contributed by atoms with Crippen LogP contribution in [0.15, 0.2) is 29.1 Å². The highest BCUT2D eigenvalue weighted by molar-refractivity contribution is 5.90. The van der Waals surface area contributed by atoms with Crippen LogP contribution in [0.25, 0.3) is 10.9 Å². The number of rotatable bonds is 9. The summed E-state index contributed by atoms with van der Waals surface area (Å²) < 4.78 is 11.5. The van der Waals surface area contributed by atoms with Crippen molar-refractivity contribution >= 4 is 35.2 Å². The van der Waals surface area contributed by atoms with Gasteiger partial charge in [-0.05, 0) is 18.6 Å². The molecule has 2 atom stereocenters. The second-order valence-electron chi connectivity index (χ2n) is 8.69. The lowest BCUT2D eigenvalue weighted by Gasteiger charge is -2.30. The molecule has 0 saturated carbocycles. The number of aromatic nitrogens is 1. The van der Waals surface area contributed by atoms with E-state index in [2.05, 4.69) is 10.3 Å². The highest BCUT2D eigenvalue weighted by Gasteiger charge is 2.29. The van der Waals surface area contributed by atoms with Gasteiger partial charge in [0.25, 0.3) is 0 Å². The SMILES string of the molecule is CCC(NC(C)C)C(OC(=O)C(C)C)c1ccc(OC(=O)C(C)C)c2[nH]c(=O)ccc12.Cl.O. The van der Waals surface area contributed by atoms with Gasteiger partial charge in [0.15, 0.2) is 5.75 Å². The Bertz CT molecular complexity index is 987. The van der Waals surface area contributed by atoms with Crippen molar-refractivity contribution in [2.45, 2.75) is 73.1 Å². The number of hydrogen-bond acceptors (Lipinski definition) is 6. The zero-order chi connectivity index (χ0) is 23.3. The molecule has 0 fully saturated rings. The molecule has 4 N–H and O–H groups in total. The lowest BCUT2D eigenvalue weighted by atomic mass is 9.95. The van der Waals surface area contributed by atoms with E-state index < -0.39 is 12.1 Å². The summed E-state index contributed by atoms with van der Waals surface area (Å²) in [5.74, 6) is -1.02. The molecule has 0 bridgehead atoms. The molecule has 8 nitrogen and oxygen atoms in total. The van der Waals surface area contributed by atoms with Crippen LogP contribution in [0.5, 0.6) is 5.75 Å². The van der Waals surface area contributed by atoms with Crippen LogP contribution in [0.2, 0.25) is 0 Å². The van der Waals surface area contributed by atoms with Crippen molar-refractivity contribution < 1.29 is 24.5 Å². The third kappa shape index (κ3) is 7.84. The standard InChI is InChI=1S/C24H34N2O5.ClH.H2O/c1-8-18(25-15(6)7)22(31-24(29)14(4)5)17-9-11-19(30-23(28)13(2)3)21-16(17)10-12-20(27)26-21;;/h9-15,18,22,25H,8H2,1-7H3,(H,26,27);1H;1H2. The Kier molecular flexibility index (Phi) is 12.3. The molecule has 0 aliphatic heterocycles. The summed E-state index contributed by atoms with van der Waals surface area (Å²) >= 11 is 0. The molecule has 186 valence electrons. The Morgan fingerprint density at radius 1 is 0.970 bits per heavy atom. The van der Waals surface area contributed by atoms with E-state index in [9.17, 15) is 14.4 Å². The van der Waals surface area contributed by atoms with Crippen LogP contribution in [0.1, 0.15) is 66.6 Å². The number of pyridine rings is 1. The number of halogens is 1. The van der Waals surface area contributed by atoms with Crippen molar-refractivity contribution in [1.82, 2.24) is 10.3 Å². The molecule has 9 heteroatoms. The number of carbonyl (C=O) groups is 2. The minimum atomic E-state index is -0.578. The monoisotopic (exact) mass is 484 g/mol. The average Bonchev–Trinajstić information content (AvgIpc) is 2.70. The van der Waals surface area contributed by atoms with Gasteiger partial charge in [-0.15, -0.1) is 12.4 Å². The number of carbonyl (C=O) groups excluding carboxylic acids is 2. The van der Waals surface area contributed by atoms with E-state index >= 15 is 0 Å². The Balaban J connectivity index is 0.00000512. The number of ether oxygens (including phenoxy) is 2. The Labute approximate surface area is 201 Å². The second-order valence-corrected chi connectivity index (χ2v) is 8.69. The van der Waals surface area contributed by atoms with Gasteiger partial charge in [-0.3, -0.25) is 14.4 Å². The van der Waals surface area contributed by atoms with Crippen molar-refractivity contribution in [2.24, 2.45) is 11.8 Å². The number of fused-ring (bicyclic) bond motifs is 1. The number of nitrogens with one attached hydrogen (secondary N) is 2. The first-order valence-electron chi connectivity index (χ1n) is 10.9. The van der Waals surface area contributed by atoms with Gasteiger partial charge in [0.2, 0.25) is 5.56 Å². The molecule has 1 aromatic heterocycles. The molecular formula is C24H37ClN2O6. The van der Waals surface area contributed by atoms with Crippen LogP contribution >= 0.6 is 12.4 Å².